The van der Waals surface area contributed by atoms with Crippen LogP contribution in [0.2, 0.25) is 0 Å². The van der Waals surface area contributed by atoms with Crippen LogP contribution in [0.15, 0.2) is 36.7 Å². The molecule has 1 heterocycles. The maximum Gasteiger partial charge on any atom is 0.271 e. The minimum atomic E-state index is -0.250. The zero-order valence-corrected chi connectivity index (χ0v) is 12.6. The van der Waals surface area contributed by atoms with E-state index < -0.39 is 0 Å². The van der Waals surface area contributed by atoms with Crippen molar-refractivity contribution in [3.8, 4) is 0 Å². The van der Waals surface area contributed by atoms with Crippen LogP contribution < -0.4 is 10.6 Å². The van der Waals surface area contributed by atoms with Crippen LogP contribution in [0, 0.1) is 5.82 Å². The quantitative estimate of drug-likeness (QED) is 0.860. The molecular formula is C16H19FN4O. The first-order valence-electron chi connectivity index (χ1n) is 7.16. The van der Waals surface area contributed by atoms with Crippen molar-refractivity contribution in [3.05, 3.63) is 53.7 Å². The standard InChI is InChI=1S/C16H19FN4O/c1-11(2)21-16(22)14-9-20-15(10-19-14)18-8-7-12-5-3-4-6-13(12)17/h3-6,9-11H,7-8H2,1-2H3,(H,18,20)(H,21,22). The lowest BCUT2D eigenvalue weighted by Crippen LogP contribution is -2.30. The molecule has 0 spiro atoms. The van der Waals surface area contributed by atoms with Crippen LogP contribution in [0.5, 0.6) is 0 Å². The lowest BCUT2D eigenvalue weighted by atomic mass is 10.1. The van der Waals surface area contributed by atoms with Gasteiger partial charge in [-0.1, -0.05) is 18.2 Å². The molecule has 0 aliphatic heterocycles. The summed E-state index contributed by atoms with van der Waals surface area (Å²) in [6, 6.07) is 6.71. The van der Waals surface area contributed by atoms with E-state index in [9.17, 15) is 9.18 Å². The molecule has 0 atom stereocenters. The van der Waals surface area contributed by atoms with Crippen molar-refractivity contribution < 1.29 is 9.18 Å². The first kappa shape index (κ1) is 15.9. The van der Waals surface area contributed by atoms with Crippen LogP contribution in [0.3, 0.4) is 0 Å². The number of halogens is 1. The molecule has 0 aliphatic carbocycles. The topological polar surface area (TPSA) is 66.9 Å². The molecule has 1 amide bonds. The Labute approximate surface area is 129 Å². The highest BCUT2D eigenvalue weighted by molar-refractivity contribution is 5.92. The van der Waals surface area contributed by atoms with Crippen LogP contribution in [0.1, 0.15) is 29.9 Å². The summed E-state index contributed by atoms with van der Waals surface area (Å²) in [6.07, 6.45) is 3.46. The number of nitrogens with one attached hydrogen (secondary N) is 2. The Hall–Kier alpha value is -2.50. The third-order valence-electron chi connectivity index (χ3n) is 2.96. The predicted molar refractivity (Wildman–Crippen MR) is 83.2 cm³/mol. The lowest BCUT2D eigenvalue weighted by molar-refractivity contribution is 0.0937. The summed E-state index contributed by atoms with van der Waals surface area (Å²) < 4.78 is 13.5. The first-order valence-corrected chi connectivity index (χ1v) is 7.16. The molecular weight excluding hydrogens is 283 g/mol. The number of nitrogens with zero attached hydrogens (tertiary/aromatic N) is 2. The molecule has 5 nitrogen and oxygen atoms in total. The van der Waals surface area contributed by atoms with E-state index in [0.717, 1.165) is 0 Å². The molecule has 0 fully saturated rings. The summed E-state index contributed by atoms with van der Waals surface area (Å²) in [7, 11) is 0. The number of amides is 1. The molecule has 1 aromatic carbocycles. The first-order chi connectivity index (χ1) is 10.6. The Morgan fingerprint density at radius 2 is 2.00 bits per heavy atom. The van der Waals surface area contributed by atoms with Crippen LogP contribution in [-0.2, 0) is 6.42 Å². The summed E-state index contributed by atoms with van der Waals surface area (Å²) in [5.41, 5.74) is 0.921. The fraction of sp³-hybridized carbons (Fsp3) is 0.312. The van der Waals surface area contributed by atoms with Crippen LogP contribution in [0.4, 0.5) is 10.2 Å². The number of hydrogen-bond acceptors (Lipinski definition) is 4. The van der Waals surface area contributed by atoms with Gasteiger partial charge in [0.05, 0.1) is 12.4 Å². The van der Waals surface area contributed by atoms with E-state index in [-0.39, 0.29) is 23.5 Å². The second-order valence-corrected chi connectivity index (χ2v) is 5.18. The number of rotatable bonds is 6. The smallest absolute Gasteiger partial charge is 0.271 e. The van der Waals surface area contributed by atoms with E-state index in [1.54, 1.807) is 18.2 Å². The summed E-state index contributed by atoms with van der Waals surface area (Å²) in [4.78, 5) is 19.9. The van der Waals surface area contributed by atoms with Crippen molar-refractivity contribution in [1.82, 2.24) is 15.3 Å². The number of hydrogen-bond donors (Lipinski definition) is 2. The van der Waals surface area contributed by atoms with Gasteiger partial charge in [0.15, 0.2) is 0 Å². The molecule has 22 heavy (non-hydrogen) atoms. The molecule has 0 saturated heterocycles. The summed E-state index contributed by atoms with van der Waals surface area (Å²) in [5.74, 6) is 0.0916. The Morgan fingerprint density at radius 1 is 1.23 bits per heavy atom. The Bertz CT molecular complexity index is 628. The van der Waals surface area contributed by atoms with Gasteiger partial charge >= 0.3 is 0 Å². The number of carbonyl (C=O) groups is 1. The molecule has 0 radical (unpaired) electrons. The van der Waals surface area contributed by atoms with Gasteiger partial charge in [0, 0.05) is 12.6 Å². The van der Waals surface area contributed by atoms with Crippen molar-refractivity contribution in [2.45, 2.75) is 26.3 Å². The minimum absolute atomic E-state index is 0.0490. The van der Waals surface area contributed by atoms with Crippen molar-refractivity contribution in [3.63, 3.8) is 0 Å². The third-order valence-corrected chi connectivity index (χ3v) is 2.96. The molecule has 116 valence electrons. The number of carbonyl (C=O) groups excluding carboxylic acids is 1. The molecule has 1 aromatic heterocycles. The SMILES string of the molecule is CC(C)NC(=O)c1cnc(NCCc2ccccc2F)cn1. The van der Waals surface area contributed by atoms with Crippen LogP contribution >= 0.6 is 0 Å². The van der Waals surface area contributed by atoms with Gasteiger partial charge in [-0.15, -0.1) is 0 Å². The van der Waals surface area contributed by atoms with E-state index in [2.05, 4.69) is 20.6 Å². The van der Waals surface area contributed by atoms with Gasteiger partial charge in [-0.2, -0.15) is 0 Å². The van der Waals surface area contributed by atoms with Gasteiger partial charge in [-0.25, -0.2) is 14.4 Å². The van der Waals surface area contributed by atoms with Gasteiger partial charge in [-0.3, -0.25) is 4.79 Å². The largest absolute Gasteiger partial charge is 0.368 e. The second kappa shape index (κ2) is 7.49. The van der Waals surface area contributed by atoms with E-state index >= 15 is 0 Å². The number of anilines is 1. The van der Waals surface area contributed by atoms with E-state index in [1.807, 2.05) is 13.8 Å². The average Bonchev–Trinajstić information content (AvgIpc) is 2.49. The Morgan fingerprint density at radius 3 is 2.64 bits per heavy atom. The van der Waals surface area contributed by atoms with Gasteiger partial charge < -0.3 is 10.6 Å². The average molecular weight is 302 g/mol. The van der Waals surface area contributed by atoms with E-state index in [0.29, 0.717) is 24.3 Å². The van der Waals surface area contributed by atoms with Crippen molar-refractivity contribution in [2.75, 3.05) is 11.9 Å². The van der Waals surface area contributed by atoms with Crippen LogP contribution in [-0.4, -0.2) is 28.5 Å². The maximum atomic E-state index is 13.5. The molecule has 0 saturated carbocycles. The fourth-order valence-electron chi connectivity index (χ4n) is 1.90. The molecule has 2 rings (SSSR count). The van der Waals surface area contributed by atoms with Crippen molar-refractivity contribution in [2.24, 2.45) is 0 Å². The molecule has 2 aromatic rings. The second-order valence-electron chi connectivity index (χ2n) is 5.18. The molecule has 0 bridgehead atoms. The summed E-state index contributed by atoms with van der Waals surface area (Å²) >= 11 is 0. The third kappa shape index (κ3) is 4.51. The van der Waals surface area contributed by atoms with E-state index in [1.165, 1.54) is 18.5 Å². The monoisotopic (exact) mass is 302 g/mol. The van der Waals surface area contributed by atoms with Gasteiger partial charge in [-0.05, 0) is 31.9 Å². The van der Waals surface area contributed by atoms with Crippen LogP contribution in [0.25, 0.3) is 0 Å². The normalized spacial score (nSPS) is 10.5. The number of aromatic nitrogens is 2. The zero-order valence-electron chi connectivity index (χ0n) is 12.6. The summed E-state index contributed by atoms with van der Waals surface area (Å²) in [5, 5.41) is 5.80. The van der Waals surface area contributed by atoms with Gasteiger partial charge in [0.1, 0.15) is 17.3 Å². The molecule has 0 aliphatic rings. The fourth-order valence-corrected chi connectivity index (χ4v) is 1.90. The van der Waals surface area contributed by atoms with Crippen molar-refractivity contribution >= 4 is 11.7 Å². The predicted octanol–water partition coefficient (Wildman–Crippen LogP) is 2.41. The number of benzene rings is 1. The Balaban J connectivity index is 1.87. The molecule has 0 unspecified atom stereocenters. The molecule has 2 N–H and O–H groups in total. The van der Waals surface area contributed by atoms with Gasteiger partial charge in [0.2, 0.25) is 0 Å². The lowest BCUT2D eigenvalue weighted by Gasteiger charge is -2.08. The van der Waals surface area contributed by atoms with Crippen molar-refractivity contribution in [1.29, 1.82) is 0 Å². The van der Waals surface area contributed by atoms with Gasteiger partial charge in [0.25, 0.3) is 5.91 Å². The highest BCUT2D eigenvalue weighted by Gasteiger charge is 2.09. The van der Waals surface area contributed by atoms with E-state index in [4.69, 9.17) is 0 Å². The highest BCUT2D eigenvalue weighted by Crippen LogP contribution is 2.08. The highest BCUT2D eigenvalue weighted by atomic mass is 19.1. The molecule has 6 heteroatoms. The summed E-state index contributed by atoms with van der Waals surface area (Å²) in [6.45, 7) is 4.29. The minimum Gasteiger partial charge on any atom is -0.368 e. The maximum absolute atomic E-state index is 13.5. The zero-order chi connectivity index (χ0) is 15.9. The Kier molecular flexibility index (Phi) is 5.41.